The number of likely N-dealkylation sites (tertiary alicyclic amines) is 1. The maximum atomic E-state index is 13.7. The van der Waals surface area contributed by atoms with Gasteiger partial charge in [0.25, 0.3) is 0 Å². The summed E-state index contributed by atoms with van der Waals surface area (Å²) >= 11 is 5.74. The molecule has 16 heavy (non-hydrogen) atoms. The van der Waals surface area contributed by atoms with Gasteiger partial charge in [0.15, 0.2) is 6.30 Å². The van der Waals surface area contributed by atoms with E-state index in [0.29, 0.717) is 6.42 Å². The summed E-state index contributed by atoms with van der Waals surface area (Å²) in [5.74, 6) is 0.250. The van der Waals surface area contributed by atoms with E-state index in [2.05, 4.69) is 0 Å². The van der Waals surface area contributed by atoms with Crippen molar-refractivity contribution < 1.29 is 13.9 Å². The standard InChI is InChI=1S/C11H19ClFNO2/c1-11(2,3)16-10(15)14-8(7-12)5-4-6-9(14)13/h8-9H,4-7H2,1-3H3. The van der Waals surface area contributed by atoms with Gasteiger partial charge in [0.1, 0.15) is 5.60 Å². The number of carbonyl (C=O) groups is 1. The van der Waals surface area contributed by atoms with Gasteiger partial charge in [0, 0.05) is 5.88 Å². The monoisotopic (exact) mass is 251 g/mol. The minimum atomic E-state index is -1.27. The van der Waals surface area contributed by atoms with Gasteiger partial charge in [-0.2, -0.15) is 0 Å². The van der Waals surface area contributed by atoms with Crippen LogP contribution in [0.4, 0.5) is 9.18 Å². The lowest BCUT2D eigenvalue weighted by Crippen LogP contribution is -2.50. The highest BCUT2D eigenvalue weighted by Gasteiger charge is 2.36. The van der Waals surface area contributed by atoms with E-state index in [4.69, 9.17) is 16.3 Å². The minimum absolute atomic E-state index is 0.250. The zero-order valence-corrected chi connectivity index (χ0v) is 10.8. The molecule has 2 atom stereocenters. The van der Waals surface area contributed by atoms with Crippen LogP contribution in [0, 0.1) is 0 Å². The third kappa shape index (κ3) is 3.51. The van der Waals surface area contributed by atoms with Gasteiger partial charge < -0.3 is 4.74 Å². The van der Waals surface area contributed by atoms with E-state index in [1.165, 1.54) is 0 Å². The summed E-state index contributed by atoms with van der Waals surface area (Å²) < 4.78 is 18.8. The molecule has 94 valence electrons. The Morgan fingerprint density at radius 2 is 2.12 bits per heavy atom. The molecule has 0 aromatic heterocycles. The van der Waals surface area contributed by atoms with E-state index in [1.54, 1.807) is 20.8 Å². The molecule has 0 radical (unpaired) electrons. The van der Waals surface area contributed by atoms with E-state index in [1.807, 2.05) is 0 Å². The summed E-state index contributed by atoms with van der Waals surface area (Å²) in [5.41, 5.74) is -0.606. The molecule has 1 saturated heterocycles. The quantitative estimate of drug-likeness (QED) is 0.529. The predicted octanol–water partition coefficient (Wildman–Crippen LogP) is 3.31. The maximum Gasteiger partial charge on any atom is 0.412 e. The first-order chi connectivity index (χ1) is 7.35. The molecule has 0 aromatic carbocycles. The summed E-state index contributed by atoms with van der Waals surface area (Å²) in [6.45, 7) is 5.29. The van der Waals surface area contributed by atoms with Crippen LogP contribution in [0.3, 0.4) is 0 Å². The lowest BCUT2D eigenvalue weighted by Gasteiger charge is -2.38. The Kier molecular flexibility index (Phi) is 4.42. The molecule has 2 unspecified atom stereocenters. The summed E-state index contributed by atoms with van der Waals surface area (Å²) in [6.07, 6.45) is -0.00843. The van der Waals surface area contributed by atoms with E-state index in [9.17, 15) is 9.18 Å². The molecule has 0 N–H and O–H groups in total. The van der Waals surface area contributed by atoms with Crippen LogP contribution in [0.5, 0.6) is 0 Å². The van der Waals surface area contributed by atoms with Crippen LogP contribution >= 0.6 is 11.6 Å². The summed E-state index contributed by atoms with van der Waals surface area (Å²) in [7, 11) is 0. The fourth-order valence-corrected chi connectivity index (χ4v) is 2.06. The van der Waals surface area contributed by atoms with E-state index in [-0.39, 0.29) is 11.9 Å². The Balaban J connectivity index is 2.70. The molecule has 1 fully saturated rings. The van der Waals surface area contributed by atoms with Crippen LogP contribution in [-0.4, -0.2) is 34.8 Å². The Morgan fingerprint density at radius 3 is 2.62 bits per heavy atom. The van der Waals surface area contributed by atoms with Gasteiger partial charge in [-0.1, -0.05) is 0 Å². The second kappa shape index (κ2) is 5.21. The van der Waals surface area contributed by atoms with Crippen molar-refractivity contribution in [3.63, 3.8) is 0 Å². The molecule has 1 amide bonds. The fourth-order valence-electron chi connectivity index (χ4n) is 1.76. The van der Waals surface area contributed by atoms with Crippen molar-refractivity contribution in [2.45, 2.75) is 58.0 Å². The van der Waals surface area contributed by atoms with Crippen LogP contribution in [0.1, 0.15) is 40.0 Å². The molecule has 1 rings (SSSR count). The summed E-state index contributed by atoms with van der Waals surface area (Å²) in [5, 5.41) is 0. The van der Waals surface area contributed by atoms with Gasteiger partial charge in [-0.3, -0.25) is 4.90 Å². The van der Waals surface area contributed by atoms with Crippen molar-refractivity contribution in [2.75, 3.05) is 5.88 Å². The molecule has 1 heterocycles. The Morgan fingerprint density at radius 1 is 1.50 bits per heavy atom. The number of halogens is 2. The van der Waals surface area contributed by atoms with Crippen molar-refractivity contribution in [1.29, 1.82) is 0 Å². The van der Waals surface area contributed by atoms with Gasteiger partial charge in [-0.15, -0.1) is 11.6 Å². The van der Waals surface area contributed by atoms with Gasteiger partial charge in [-0.25, -0.2) is 9.18 Å². The molecule has 0 aromatic rings. The molecule has 0 spiro atoms. The third-order valence-corrected chi connectivity index (χ3v) is 2.81. The second-order valence-corrected chi connectivity index (χ2v) is 5.37. The molecule has 3 nitrogen and oxygen atoms in total. The topological polar surface area (TPSA) is 29.5 Å². The number of rotatable bonds is 1. The fraction of sp³-hybridized carbons (Fsp3) is 0.909. The van der Waals surface area contributed by atoms with Crippen LogP contribution < -0.4 is 0 Å². The Hall–Kier alpha value is -0.510. The zero-order chi connectivity index (χ0) is 12.3. The average molecular weight is 252 g/mol. The Labute approximate surface area is 101 Å². The van der Waals surface area contributed by atoms with E-state index >= 15 is 0 Å². The van der Waals surface area contributed by atoms with Crippen LogP contribution in [0.15, 0.2) is 0 Å². The lowest BCUT2D eigenvalue weighted by atomic mass is 10.0. The highest BCUT2D eigenvalue weighted by atomic mass is 35.5. The molecule has 1 aliphatic rings. The lowest BCUT2D eigenvalue weighted by molar-refractivity contribution is -0.0300. The van der Waals surface area contributed by atoms with Gasteiger partial charge in [0.05, 0.1) is 6.04 Å². The second-order valence-electron chi connectivity index (χ2n) is 5.06. The molecule has 0 bridgehead atoms. The summed E-state index contributed by atoms with van der Waals surface area (Å²) in [6, 6.07) is -0.250. The zero-order valence-electron chi connectivity index (χ0n) is 10.0. The molecule has 1 aliphatic heterocycles. The number of alkyl halides is 2. The highest BCUT2D eigenvalue weighted by molar-refractivity contribution is 6.18. The Bertz CT molecular complexity index is 255. The van der Waals surface area contributed by atoms with Crippen LogP contribution in [0.2, 0.25) is 0 Å². The molecular formula is C11H19ClFNO2. The molecule has 0 aliphatic carbocycles. The van der Waals surface area contributed by atoms with E-state index in [0.717, 1.165) is 17.7 Å². The number of piperidine rings is 1. The molecule has 0 saturated carbocycles. The first kappa shape index (κ1) is 13.6. The van der Waals surface area contributed by atoms with Gasteiger partial charge in [0.2, 0.25) is 0 Å². The minimum Gasteiger partial charge on any atom is -0.444 e. The number of amides is 1. The van der Waals surface area contributed by atoms with Crippen LogP contribution in [-0.2, 0) is 4.74 Å². The van der Waals surface area contributed by atoms with Crippen molar-refractivity contribution in [3.05, 3.63) is 0 Å². The van der Waals surface area contributed by atoms with E-state index < -0.39 is 18.0 Å². The van der Waals surface area contributed by atoms with Crippen molar-refractivity contribution in [3.8, 4) is 0 Å². The normalized spacial score (nSPS) is 26.7. The first-order valence-electron chi connectivity index (χ1n) is 5.56. The smallest absolute Gasteiger partial charge is 0.412 e. The van der Waals surface area contributed by atoms with Crippen molar-refractivity contribution in [2.24, 2.45) is 0 Å². The SMILES string of the molecule is CC(C)(C)OC(=O)N1C(F)CCCC1CCl. The maximum absolute atomic E-state index is 13.7. The number of nitrogens with zero attached hydrogens (tertiary/aromatic N) is 1. The first-order valence-corrected chi connectivity index (χ1v) is 6.10. The van der Waals surface area contributed by atoms with Gasteiger partial charge >= 0.3 is 6.09 Å². The summed E-state index contributed by atoms with van der Waals surface area (Å²) in [4.78, 5) is 12.9. The molecular weight excluding hydrogens is 233 g/mol. The van der Waals surface area contributed by atoms with Crippen LogP contribution in [0.25, 0.3) is 0 Å². The number of carbonyl (C=O) groups excluding carboxylic acids is 1. The molecule has 5 heteroatoms. The average Bonchev–Trinajstić information content (AvgIpc) is 2.14. The number of hydrogen-bond donors (Lipinski definition) is 0. The van der Waals surface area contributed by atoms with Gasteiger partial charge in [-0.05, 0) is 40.0 Å². The highest BCUT2D eigenvalue weighted by Crippen LogP contribution is 2.26. The predicted molar refractivity (Wildman–Crippen MR) is 61.3 cm³/mol. The largest absolute Gasteiger partial charge is 0.444 e. The van der Waals surface area contributed by atoms with Crippen molar-refractivity contribution >= 4 is 17.7 Å². The van der Waals surface area contributed by atoms with Crippen molar-refractivity contribution in [1.82, 2.24) is 4.90 Å². The third-order valence-electron chi connectivity index (χ3n) is 2.46. The number of hydrogen-bond acceptors (Lipinski definition) is 2. The number of ether oxygens (including phenoxy) is 1.